The van der Waals surface area contributed by atoms with E-state index in [2.05, 4.69) is 20.6 Å². The van der Waals surface area contributed by atoms with Crippen LogP contribution < -0.4 is 10.6 Å². The minimum Gasteiger partial charge on any atom is -0.326 e. The van der Waals surface area contributed by atoms with Gasteiger partial charge in [0.25, 0.3) is 5.91 Å². The van der Waals surface area contributed by atoms with Crippen LogP contribution in [0.5, 0.6) is 0 Å². The molecule has 2 aromatic carbocycles. The molecule has 9 heteroatoms. The van der Waals surface area contributed by atoms with Crippen LogP contribution in [0.25, 0.3) is 22.5 Å². The monoisotopic (exact) mass is 452 g/mol. The number of nitrogens with one attached hydrogen (secondary N) is 2. The predicted octanol–water partition coefficient (Wildman–Crippen LogP) is 5.59. The van der Waals surface area contributed by atoms with Crippen LogP contribution in [-0.4, -0.2) is 21.8 Å². The van der Waals surface area contributed by atoms with Gasteiger partial charge in [0.2, 0.25) is 5.91 Å². The smallest absolute Gasteiger partial charge is 0.269 e. The average molecular weight is 453 g/mol. The van der Waals surface area contributed by atoms with Crippen molar-refractivity contribution in [3.05, 3.63) is 69.6 Å². The standard InChI is InChI=1S/C22H17FN4O2S2/c1-12(28)24-15-8-9-16(17(23)10-15)18-11-30-22(26-18)27-21(29)20-19(25-13(2)31-20)14-6-4-3-5-7-14/h3-11H,1-2H3,(H,24,28)(H,26,27,29). The number of halogens is 1. The van der Waals surface area contributed by atoms with Gasteiger partial charge >= 0.3 is 0 Å². The number of aromatic nitrogens is 2. The van der Waals surface area contributed by atoms with E-state index in [0.29, 0.717) is 27.1 Å². The predicted molar refractivity (Wildman–Crippen MR) is 122 cm³/mol. The van der Waals surface area contributed by atoms with Crippen molar-refractivity contribution < 1.29 is 14.0 Å². The molecule has 0 radical (unpaired) electrons. The van der Waals surface area contributed by atoms with Crippen LogP contribution in [0.15, 0.2) is 53.9 Å². The van der Waals surface area contributed by atoms with Crippen molar-refractivity contribution in [2.45, 2.75) is 13.8 Å². The molecule has 2 aromatic heterocycles. The van der Waals surface area contributed by atoms with Gasteiger partial charge in [-0.25, -0.2) is 14.4 Å². The second-order valence-corrected chi connectivity index (χ2v) is 8.71. The summed E-state index contributed by atoms with van der Waals surface area (Å²) in [5.41, 5.74) is 2.53. The fourth-order valence-electron chi connectivity index (χ4n) is 2.99. The molecule has 0 bridgehead atoms. The van der Waals surface area contributed by atoms with E-state index >= 15 is 0 Å². The van der Waals surface area contributed by atoms with Gasteiger partial charge in [-0.3, -0.25) is 14.9 Å². The zero-order valence-corrected chi connectivity index (χ0v) is 18.2. The molecule has 0 saturated heterocycles. The van der Waals surface area contributed by atoms with Crippen LogP contribution in [0.2, 0.25) is 0 Å². The van der Waals surface area contributed by atoms with Crippen molar-refractivity contribution in [2.75, 3.05) is 10.6 Å². The number of amides is 2. The van der Waals surface area contributed by atoms with Gasteiger partial charge in [0.05, 0.1) is 16.4 Å². The Bertz CT molecular complexity index is 1270. The minimum atomic E-state index is -0.515. The molecule has 0 fully saturated rings. The van der Waals surface area contributed by atoms with E-state index < -0.39 is 5.82 Å². The van der Waals surface area contributed by atoms with E-state index in [9.17, 15) is 14.0 Å². The quantitative estimate of drug-likeness (QED) is 0.413. The van der Waals surface area contributed by atoms with E-state index in [4.69, 9.17) is 0 Å². The summed E-state index contributed by atoms with van der Waals surface area (Å²) in [6, 6.07) is 13.9. The lowest BCUT2D eigenvalue weighted by Gasteiger charge is -2.05. The maximum Gasteiger partial charge on any atom is 0.269 e. The number of thiazole rings is 2. The van der Waals surface area contributed by atoms with Crippen LogP contribution in [0, 0.1) is 12.7 Å². The van der Waals surface area contributed by atoms with E-state index in [1.54, 1.807) is 17.5 Å². The summed E-state index contributed by atoms with van der Waals surface area (Å²) in [4.78, 5) is 33.4. The summed E-state index contributed by atoms with van der Waals surface area (Å²) in [6.07, 6.45) is 0. The Morgan fingerprint density at radius 3 is 2.52 bits per heavy atom. The van der Waals surface area contributed by atoms with Crippen LogP contribution in [-0.2, 0) is 4.79 Å². The maximum atomic E-state index is 14.5. The number of aryl methyl sites for hydroxylation is 1. The fourth-order valence-corrected chi connectivity index (χ4v) is 4.53. The molecule has 4 rings (SSSR count). The van der Waals surface area contributed by atoms with Crippen LogP contribution in [0.3, 0.4) is 0 Å². The Labute approximate surface area is 185 Å². The number of rotatable bonds is 5. The first kappa shape index (κ1) is 20.8. The Balaban J connectivity index is 1.55. The molecule has 2 amide bonds. The molecule has 4 aromatic rings. The molecular weight excluding hydrogens is 435 g/mol. The lowest BCUT2D eigenvalue weighted by molar-refractivity contribution is -0.114. The first-order chi connectivity index (χ1) is 14.9. The summed E-state index contributed by atoms with van der Waals surface area (Å²) in [5.74, 6) is -1.11. The number of hydrogen-bond acceptors (Lipinski definition) is 6. The van der Waals surface area contributed by atoms with Crippen molar-refractivity contribution >= 4 is 45.3 Å². The van der Waals surface area contributed by atoms with Crippen molar-refractivity contribution in [1.82, 2.24) is 9.97 Å². The largest absolute Gasteiger partial charge is 0.326 e. The van der Waals surface area contributed by atoms with Crippen molar-refractivity contribution in [3.63, 3.8) is 0 Å². The molecule has 0 saturated carbocycles. The van der Waals surface area contributed by atoms with Crippen LogP contribution in [0.4, 0.5) is 15.2 Å². The second kappa shape index (κ2) is 8.75. The molecular formula is C22H17FN4O2S2. The fraction of sp³-hybridized carbons (Fsp3) is 0.0909. The number of hydrogen-bond donors (Lipinski definition) is 2. The highest BCUT2D eigenvalue weighted by atomic mass is 32.1. The van der Waals surface area contributed by atoms with E-state index in [-0.39, 0.29) is 17.4 Å². The van der Waals surface area contributed by atoms with Gasteiger partial charge in [-0.05, 0) is 25.1 Å². The van der Waals surface area contributed by atoms with Crippen molar-refractivity contribution in [3.8, 4) is 22.5 Å². The van der Waals surface area contributed by atoms with Gasteiger partial charge in [-0.1, -0.05) is 30.3 Å². The van der Waals surface area contributed by atoms with E-state index in [0.717, 1.165) is 10.6 Å². The number of carbonyl (C=O) groups is 2. The molecule has 31 heavy (non-hydrogen) atoms. The van der Waals surface area contributed by atoms with E-state index in [1.165, 1.54) is 35.7 Å². The highest BCUT2D eigenvalue weighted by molar-refractivity contribution is 7.15. The highest BCUT2D eigenvalue weighted by Crippen LogP contribution is 2.31. The number of benzene rings is 2. The van der Waals surface area contributed by atoms with Crippen molar-refractivity contribution in [2.24, 2.45) is 0 Å². The zero-order chi connectivity index (χ0) is 22.0. The Hall–Kier alpha value is -3.43. The lowest BCUT2D eigenvalue weighted by Crippen LogP contribution is -2.11. The maximum absolute atomic E-state index is 14.5. The van der Waals surface area contributed by atoms with Gasteiger partial charge in [0, 0.05) is 29.1 Å². The third kappa shape index (κ3) is 4.68. The van der Waals surface area contributed by atoms with Crippen LogP contribution >= 0.6 is 22.7 Å². The number of nitrogens with zero attached hydrogens (tertiary/aromatic N) is 2. The summed E-state index contributed by atoms with van der Waals surface area (Å²) in [5, 5.41) is 8.13. The molecule has 0 unspecified atom stereocenters. The molecule has 0 aliphatic heterocycles. The molecule has 2 heterocycles. The van der Waals surface area contributed by atoms with Gasteiger partial charge < -0.3 is 5.32 Å². The normalized spacial score (nSPS) is 10.7. The molecule has 0 aliphatic carbocycles. The number of anilines is 2. The van der Waals surface area contributed by atoms with Crippen molar-refractivity contribution in [1.29, 1.82) is 0 Å². The highest BCUT2D eigenvalue weighted by Gasteiger charge is 2.20. The first-order valence-corrected chi connectivity index (χ1v) is 11.0. The Kier molecular flexibility index (Phi) is 5.88. The van der Waals surface area contributed by atoms with Gasteiger partial charge in [0.15, 0.2) is 5.13 Å². The summed E-state index contributed by atoms with van der Waals surface area (Å²) < 4.78 is 14.5. The van der Waals surface area contributed by atoms with Gasteiger partial charge in [-0.15, -0.1) is 22.7 Å². The topological polar surface area (TPSA) is 84.0 Å². The number of carbonyl (C=O) groups excluding carboxylic acids is 2. The zero-order valence-electron chi connectivity index (χ0n) is 16.6. The summed E-state index contributed by atoms with van der Waals surface area (Å²) in [7, 11) is 0. The third-order valence-electron chi connectivity index (χ3n) is 4.28. The summed E-state index contributed by atoms with van der Waals surface area (Å²) >= 11 is 2.51. The third-order valence-corrected chi connectivity index (χ3v) is 6.00. The SMILES string of the molecule is CC(=O)Nc1ccc(-c2csc(NC(=O)c3sc(C)nc3-c3ccccc3)n2)c(F)c1. The Morgan fingerprint density at radius 2 is 1.81 bits per heavy atom. The van der Waals surface area contributed by atoms with E-state index in [1.807, 2.05) is 37.3 Å². The second-order valence-electron chi connectivity index (χ2n) is 6.64. The molecule has 0 aliphatic rings. The molecule has 0 spiro atoms. The molecule has 156 valence electrons. The molecule has 2 N–H and O–H groups in total. The van der Waals surface area contributed by atoms with Crippen LogP contribution in [0.1, 0.15) is 21.6 Å². The Morgan fingerprint density at radius 1 is 1.03 bits per heavy atom. The van der Waals surface area contributed by atoms with Gasteiger partial charge in [0.1, 0.15) is 10.7 Å². The molecule has 0 atom stereocenters. The minimum absolute atomic E-state index is 0.279. The summed E-state index contributed by atoms with van der Waals surface area (Å²) in [6.45, 7) is 3.21. The lowest BCUT2D eigenvalue weighted by atomic mass is 10.1. The molecule has 6 nitrogen and oxygen atoms in total. The first-order valence-electron chi connectivity index (χ1n) is 9.28. The average Bonchev–Trinajstić information content (AvgIpc) is 3.35. The van der Waals surface area contributed by atoms with Gasteiger partial charge in [-0.2, -0.15) is 0 Å².